The summed E-state index contributed by atoms with van der Waals surface area (Å²) in [5.41, 5.74) is 0.489. The average Bonchev–Trinajstić information content (AvgIpc) is 2.41. The van der Waals surface area contributed by atoms with Gasteiger partial charge in [0, 0.05) is 13.1 Å². The zero-order valence-corrected chi connectivity index (χ0v) is 12.6. The van der Waals surface area contributed by atoms with Crippen molar-refractivity contribution in [2.45, 2.75) is 27.3 Å². The maximum absolute atomic E-state index is 13.8. The lowest BCUT2D eigenvalue weighted by Gasteiger charge is -2.11. The quantitative estimate of drug-likeness (QED) is 0.774. The number of carbonyl (C=O) groups is 1. The molecule has 2 N–H and O–H groups in total. The molecule has 0 aliphatic heterocycles. The number of rotatable bonds is 8. The van der Waals surface area contributed by atoms with Crippen LogP contribution in [0.5, 0.6) is 5.75 Å². The topological polar surface area (TPSA) is 50.4 Å². The standard InChI is InChI=1S/C15H22F2N2O2/c1-4-18-8-11-5-12(16)15(13(17)6-11)21-9-14(20)19-7-10(2)3/h5-6,10,18H,4,7-9H2,1-3H3,(H,19,20). The Balaban J connectivity index is 2.61. The second kappa shape index (κ2) is 8.56. The Kier molecular flexibility index (Phi) is 7.08. The van der Waals surface area contributed by atoms with Gasteiger partial charge in [-0.05, 0) is 30.2 Å². The first-order valence-electron chi connectivity index (χ1n) is 7.02. The molecule has 0 saturated heterocycles. The molecule has 0 aliphatic carbocycles. The molecule has 0 bridgehead atoms. The highest BCUT2D eigenvalue weighted by molar-refractivity contribution is 5.77. The number of hydrogen-bond acceptors (Lipinski definition) is 3. The van der Waals surface area contributed by atoms with E-state index in [0.717, 1.165) is 0 Å². The molecule has 0 atom stereocenters. The van der Waals surface area contributed by atoms with Crippen LogP contribution in [-0.4, -0.2) is 25.6 Å². The van der Waals surface area contributed by atoms with Gasteiger partial charge in [0.25, 0.3) is 5.91 Å². The SMILES string of the molecule is CCNCc1cc(F)c(OCC(=O)NCC(C)C)c(F)c1. The fourth-order valence-electron chi connectivity index (χ4n) is 1.63. The maximum atomic E-state index is 13.8. The number of halogens is 2. The van der Waals surface area contributed by atoms with Crippen molar-refractivity contribution in [3.63, 3.8) is 0 Å². The number of carbonyl (C=O) groups excluding carboxylic acids is 1. The van der Waals surface area contributed by atoms with Crippen LogP contribution >= 0.6 is 0 Å². The largest absolute Gasteiger partial charge is 0.478 e. The fourth-order valence-corrected chi connectivity index (χ4v) is 1.63. The smallest absolute Gasteiger partial charge is 0.257 e. The summed E-state index contributed by atoms with van der Waals surface area (Å²) in [6, 6.07) is 2.40. The van der Waals surface area contributed by atoms with E-state index in [1.54, 1.807) is 0 Å². The van der Waals surface area contributed by atoms with E-state index < -0.39 is 29.9 Å². The van der Waals surface area contributed by atoms with Crippen LogP contribution in [0.4, 0.5) is 8.78 Å². The van der Waals surface area contributed by atoms with Crippen molar-refractivity contribution < 1.29 is 18.3 Å². The monoisotopic (exact) mass is 300 g/mol. The minimum atomic E-state index is -0.806. The van der Waals surface area contributed by atoms with Gasteiger partial charge in [0.05, 0.1) is 0 Å². The second-order valence-electron chi connectivity index (χ2n) is 5.16. The molecule has 0 aromatic heterocycles. The Bertz CT molecular complexity index is 456. The van der Waals surface area contributed by atoms with Gasteiger partial charge in [-0.25, -0.2) is 8.78 Å². The summed E-state index contributed by atoms with van der Waals surface area (Å²) in [5.74, 6) is -2.24. The van der Waals surface area contributed by atoms with Crippen molar-refractivity contribution in [3.05, 3.63) is 29.3 Å². The lowest BCUT2D eigenvalue weighted by molar-refractivity contribution is -0.123. The van der Waals surface area contributed by atoms with Gasteiger partial charge in [0.1, 0.15) is 0 Å². The third-order valence-corrected chi connectivity index (χ3v) is 2.69. The van der Waals surface area contributed by atoms with Gasteiger partial charge in [0.2, 0.25) is 0 Å². The molecule has 0 radical (unpaired) electrons. The van der Waals surface area contributed by atoms with E-state index in [2.05, 4.69) is 10.6 Å². The van der Waals surface area contributed by atoms with Crippen LogP contribution in [0, 0.1) is 17.6 Å². The molecule has 1 aromatic carbocycles. The van der Waals surface area contributed by atoms with Gasteiger partial charge in [-0.1, -0.05) is 20.8 Å². The van der Waals surface area contributed by atoms with E-state index >= 15 is 0 Å². The number of ether oxygens (including phenoxy) is 1. The van der Waals surface area contributed by atoms with Crippen LogP contribution in [-0.2, 0) is 11.3 Å². The van der Waals surface area contributed by atoms with E-state index in [1.807, 2.05) is 20.8 Å². The van der Waals surface area contributed by atoms with Gasteiger partial charge < -0.3 is 15.4 Å². The molecular weight excluding hydrogens is 278 g/mol. The molecule has 118 valence electrons. The Morgan fingerprint density at radius 3 is 2.43 bits per heavy atom. The minimum absolute atomic E-state index is 0.299. The van der Waals surface area contributed by atoms with E-state index in [9.17, 15) is 13.6 Å². The summed E-state index contributed by atoms with van der Waals surface area (Å²) >= 11 is 0. The van der Waals surface area contributed by atoms with Crippen molar-refractivity contribution in [1.29, 1.82) is 0 Å². The summed E-state index contributed by atoms with van der Waals surface area (Å²) in [6.45, 7) is 6.96. The molecule has 0 saturated carbocycles. The van der Waals surface area contributed by atoms with Crippen LogP contribution in [0.3, 0.4) is 0 Å². The van der Waals surface area contributed by atoms with Gasteiger partial charge in [-0.3, -0.25) is 4.79 Å². The molecule has 21 heavy (non-hydrogen) atoms. The van der Waals surface area contributed by atoms with Crippen LogP contribution in [0.25, 0.3) is 0 Å². The molecule has 0 heterocycles. The van der Waals surface area contributed by atoms with Crippen LogP contribution in [0.2, 0.25) is 0 Å². The van der Waals surface area contributed by atoms with E-state index in [0.29, 0.717) is 31.1 Å². The molecule has 0 fully saturated rings. The summed E-state index contributed by atoms with van der Waals surface area (Å²) in [7, 11) is 0. The van der Waals surface area contributed by atoms with E-state index in [1.165, 1.54) is 12.1 Å². The summed E-state index contributed by atoms with van der Waals surface area (Å²) < 4.78 is 32.5. The number of hydrogen-bond donors (Lipinski definition) is 2. The third kappa shape index (κ3) is 6.08. The molecule has 1 aromatic rings. The highest BCUT2D eigenvalue weighted by Crippen LogP contribution is 2.23. The first kappa shape index (κ1) is 17.4. The zero-order valence-electron chi connectivity index (χ0n) is 12.6. The summed E-state index contributed by atoms with van der Waals surface area (Å²) in [5, 5.41) is 5.59. The lowest BCUT2D eigenvalue weighted by Crippen LogP contribution is -2.32. The van der Waals surface area contributed by atoms with Crippen LogP contribution in [0.1, 0.15) is 26.3 Å². The normalized spacial score (nSPS) is 10.8. The molecule has 6 heteroatoms. The predicted octanol–water partition coefficient (Wildman–Crippen LogP) is 2.23. The number of nitrogens with one attached hydrogen (secondary N) is 2. The van der Waals surface area contributed by atoms with E-state index in [-0.39, 0.29) is 0 Å². The van der Waals surface area contributed by atoms with Crippen molar-refractivity contribution >= 4 is 5.91 Å². The van der Waals surface area contributed by atoms with Crippen molar-refractivity contribution in [3.8, 4) is 5.75 Å². The lowest BCUT2D eigenvalue weighted by atomic mass is 10.2. The molecule has 1 rings (SSSR count). The first-order valence-corrected chi connectivity index (χ1v) is 7.02. The number of amides is 1. The van der Waals surface area contributed by atoms with Gasteiger partial charge >= 0.3 is 0 Å². The Hall–Kier alpha value is -1.69. The zero-order chi connectivity index (χ0) is 15.8. The average molecular weight is 300 g/mol. The van der Waals surface area contributed by atoms with Crippen molar-refractivity contribution in [2.24, 2.45) is 5.92 Å². The second-order valence-corrected chi connectivity index (χ2v) is 5.16. The molecule has 0 unspecified atom stereocenters. The maximum Gasteiger partial charge on any atom is 0.257 e. The molecular formula is C15H22F2N2O2. The molecule has 1 amide bonds. The summed E-state index contributed by atoms with van der Waals surface area (Å²) in [4.78, 5) is 11.5. The van der Waals surface area contributed by atoms with Crippen molar-refractivity contribution in [1.82, 2.24) is 10.6 Å². The number of benzene rings is 1. The van der Waals surface area contributed by atoms with Crippen LogP contribution in [0.15, 0.2) is 12.1 Å². The fraction of sp³-hybridized carbons (Fsp3) is 0.533. The highest BCUT2D eigenvalue weighted by Gasteiger charge is 2.14. The molecule has 0 spiro atoms. The van der Waals surface area contributed by atoms with Gasteiger partial charge in [-0.15, -0.1) is 0 Å². The molecule has 0 aliphatic rings. The Labute approximate surface area is 123 Å². The van der Waals surface area contributed by atoms with Crippen LogP contribution < -0.4 is 15.4 Å². The van der Waals surface area contributed by atoms with Gasteiger partial charge in [0.15, 0.2) is 24.0 Å². The Morgan fingerprint density at radius 1 is 1.29 bits per heavy atom. The first-order chi connectivity index (χ1) is 9.93. The Morgan fingerprint density at radius 2 is 1.90 bits per heavy atom. The predicted molar refractivity (Wildman–Crippen MR) is 77.1 cm³/mol. The van der Waals surface area contributed by atoms with Crippen molar-refractivity contribution in [2.75, 3.05) is 19.7 Å². The van der Waals surface area contributed by atoms with E-state index in [4.69, 9.17) is 4.74 Å². The molecule has 4 nitrogen and oxygen atoms in total. The van der Waals surface area contributed by atoms with Gasteiger partial charge in [-0.2, -0.15) is 0 Å². The summed E-state index contributed by atoms with van der Waals surface area (Å²) in [6.07, 6.45) is 0. The third-order valence-electron chi connectivity index (χ3n) is 2.69. The highest BCUT2D eigenvalue weighted by atomic mass is 19.1. The minimum Gasteiger partial charge on any atom is -0.478 e.